The van der Waals surface area contributed by atoms with Gasteiger partial charge < -0.3 is 5.32 Å². The van der Waals surface area contributed by atoms with E-state index in [-0.39, 0.29) is 0 Å². The summed E-state index contributed by atoms with van der Waals surface area (Å²) in [6.07, 6.45) is 1.96. The first-order valence-electron chi connectivity index (χ1n) is 6.00. The lowest BCUT2D eigenvalue weighted by molar-refractivity contribution is 0.538. The zero-order valence-corrected chi connectivity index (χ0v) is 10.6. The average Bonchev–Trinajstić information content (AvgIpc) is 2.74. The van der Waals surface area contributed by atoms with Crippen molar-refractivity contribution in [1.29, 1.82) is 0 Å². The second-order valence-corrected chi connectivity index (χ2v) is 4.45. The van der Waals surface area contributed by atoms with Crippen LogP contribution in [0.2, 0.25) is 0 Å². The molecule has 0 atom stereocenters. The quantitative estimate of drug-likeness (QED) is 0.873. The zero-order valence-electron chi connectivity index (χ0n) is 10.6. The summed E-state index contributed by atoms with van der Waals surface area (Å²) < 4.78 is 2.09. The minimum Gasteiger partial charge on any atom is -0.316 e. The van der Waals surface area contributed by atoms with Crippen molar-refractivity contribution in [2.45, 2.75) is 26.4 Å². The van der Waals surface area contributed by atoms with Crippen molar-refractivity contribution in [2.24, 2.45) is 0 Å². The van der Waals surface area contributed by atoms with E-state index >= 15 is 0 Å². The summed E-state index contributed by atoms with van der Waals surface area (Å²) in [6, 6.07) is 10.8. The maximum atomic E-state index is 4.49. The third-order valence-electron chi connectivity index (χ3n) is 2.77. The topological polar surface area (TPSA) is 29.9 Å². The summed E-state index contributed by atoms with van der Waals surface area (Å²) in [5.74, 6) is 0. The summed E-state index contributed by atoms with van der Waals surface area (Å²) >= 11 is 0. The van der Waals surface area contributed by atoms with Crippen LogP contribution < -0.4 is 5.32 Å². The van der Waals surface area contributed by atoms with Crippen molar-refractivity contribution in [2.75, 3.05) is 7.05 Å². The van der Waals surface area contributed by atoms with Gasteiger partial charge in [-0.15, -0.1) is 0 Å². The monoisotopic (exact) mass is 229 g/mol. The van der Waals surface area contributed by atoms with Gasteiger partial charge in [-0.05, 0) is 20.9 Å². The Kier molecular flexibility index (Phi) is 3.59. The van der Waals surface area contributed by atoms with Crippen LogP contribution in [0.25, 0.3) is 11.3 Å². The van der Waals surface area contributed by atoms with Crippen LogP contribution in [0.4, 0.5) is 0 Å². The minimum atomic E-state index is 0.371. The zero-order chi connectivity index (χ0) is 12.3. The van der Waals surface area contributed by atoms with Gasteiger partial charge in [0.25, 0.3) is 0 Å². The Labute approximate surface area is 102 Å². The largest absolute Gasteiger partial charge is 0.316 e. The van der Waals surface area contributed by atoms with Crippen LogP contribution in [-0.4, -0.2) is 16.8 Å². The lowest BCUT2D eigenvalue weighted by atomic mass is 10.1. The normalized spacial score (nSPS) is 11.1. The summed E-state index contributed by atoms with van der Waals surface area (Å²) in [5.41, 5.74) is 3.69. The Morgan fingerprint density at radius 3 is 2.53 bits per heavy atom. The summed E-state index contributed by atoms with van der Waals surface area (Å²) in [6.45, 7) is 5.15. The van der Waals surface area contributed by atoms with E-state index in [9.17, 15) is 0 Å². The van der Waals surface area contributed by atoms with Crippen molar-refractivity contribution >= 4 is 0 Å². The van der Waals surface area contributed by atoms with E-state index in [2.05, 4.69) is 53.2 Å². The van der Waals surface area contributed by atoms with Crippen molar-refractivity contribution in [3.63, 3.8) is 0 Å². The molecule has 0 aliphatic heterocycles. The Hall–Kier alpha value is -1.61. The van der Waals surface area contributed by atoms with Crippen molar-refractivity contribution < 1.29 is 0 Å². The highest BCUT2D eigenvalue weighted by Crippen LogP contribution is 2.26. The molecule has 1 heterocycles. The number of nitrogens with zero attached hydrogens (tertiary/aromatic N) is 2. The van der Waals surface area contributed by atoms with Crippen LogP contribution in [-0.2, 0) is 6.54 Å². The molecule has 2 rings (SSSR count). The van der Waals surface area contributed by atoms with Crippen LogP contribution in [0, 0.1) is 0 Å². The van der Waals surface area contributed by atoms with Crippen LogP contribution in [0.3, 0.4) is 0 Å². The Morgan fingerprint density at radius 1 is 1.24 bits per heavy atom. The molecule has 1 aromatic carbocycles. The number of rotatable bonds is 4. The Morgan fingerprint density at radius 2 is 1.94 bits per heavy atom. The SMILES string of the molecule is CNCc1cnn(C(C)C)c1-c1ccccc1. The minimum absolute atomic E-state index is 0.371. The highest BCUT2D eigenvalue weighted by atomic mass is 15.3. The molecule has 0 fully saturated rings. The fourth-order valence-electron chi connectivity index (χ4n) is 2.02. The van der Waals surface area contributed by atoms with Gasteiger partial charge in [-0.3, -0.25) is 4.68 Å². The Bertz CT molecular complexity index is 471. The second kappa shape index (κ2) is 5.15. The third-order valence-corrected chi connectivity index (χ3v) is 2.77. The maximum Gasteiger partial charge on any atom is 0.0730 e. The van der Waals surface area contributed by atoms with Gasteiger partial charge in [-0.25, -0.2) is 0 Å². The molecule has 3 nitrogen and oxygen atoms in total. The summed E-state index contributed by atoms with van der Waals surface area (Å²) in [5, 5.41) is 7.68. The summed E-state index contributed by atoms with van der Waals surface area (Å²) in [4.78, 5) is 0. The molecule has 2 aromatic rings. The van der Waals surface area contributed by atoms with Crippen molar-refractivity contribution in [3.05, 3.63) is 42.1 Å². The molecule has 90 valence electrons. The molecule has 0 amide bonds. The van der Waals surface area contributed by atoms with Crippen LogP contribution in [0.1, 0.15) is 25.5 Å². The van der Waals surface area contributed by atoms with Crippen molar-refractivity contribution in [3.8, 4) is 11.3 Å². The van der Waals surface area contributed by atoms with Crippen molar-refractivity contribution in [1.82, 2.24) is 15.1 Å². The molecular weight excluding hydrogens is 210 g/mol. The second-order valence-electron chi connectivity index (χ2n) is 4.45. The van der Waals surface area contributed by atoms with Crippen LogP contribution in [0.15, 0.2) is 36.5 Å². The number of hydrogen-bond acceptors (Lipinski definition) is 2. The van der Waals surface area contributed by atoms with Gasteiger partial charge in [0.05, 0.1) is 11.9 Å². The van der Waals surface area contributed by atoms with Gasteiger partial charge in [0.15, 0.2) is 0 Å². The van der Waals surface area contributed by atoms with Gasteiger partial charge in [-0.2, -0.15) is 5.10 Å². The molecule has 1 N–H and O–H groups in total. The third kappa shape index (κ3) is 2.39. The number of benzene rings is 1. The molecule has 0 saturated heterocycles. The highest BCUT2D eigenvalue weighted by Gasteiger charge is 2.13. The molecule has 17 heavy (non-hydrogen) atoms. The van der Waals surface area contributed by atoms with E-state index in [1.54, 1.807) is 0 Å². The predicted octanol–water partition coefficient (Wildman–Crippen LogP) is 2.85. The van der Waals surface area contributed by atoms with E-state index in [0.29, 0.717) is 6.04 Å². The van der Waals surface area contributed by atoms with E-state index in [4.69, 9.17) is 0 Å². The van der Waals surface area contributed by atoms with Gasteiger partial charge in [0, 0.05) is 23.7 Å². The fraction of sp³-hybridized carbons (Fsp3) is 0.357. The molecular formula is C14H19N3. The lowest BCUT2D eigenvalue weighted by Gasteiger charge is -2.13. The van der Waals surface area contributed by atoms with E-state index < -0.39 is 0 Å². The van der Waals surface area contributed by atoms with E-state index in [1.807, 2.05) is 19.3 Å². The first-order valence-corrected chi connectivity index (χ1v) is 6.00. The molecule has 0 aliphatic carbocycles. The lowest BCUT2D eigenvalue weighted by Crippen LogP contribution is -2.08. The van der Waals surface area contributed by atoms with Crippen LogP contribution in [0.5, 0.6) is 0 Å². The molecule has 0 spiro atoms. The number of aromatic nitrogens is 2. The molecule has 0 unspecified atom stereocenters. The first-order chi connectivity index (χ1) is 8.24. The van der Waals surface area contributed by atoms with Gasteiger partial charge in [-0.1, -0.05) is 30.3 Å². The predicted molar refractivity (Wildman–Crippen MR) is 70.8 cm³/mol. The number of hydrogen-bond donors (Lipinski definition) is 1. The van der Waals surface area contributed by atoms with Crippen LogP contribution >= 0.6 is 0 Å². The molecule has 0 aliphatic rings. The standard InChI is InChI=1S/C14H19N3/c1-11(2)17-14(12-7-5-4-6-8-12)13(9-15-3)10-16-17/h4-8,10-11,15H,9H2,1-3H3. The molecule has 0 bridgehead atoms. The highest BCUT2D eigenvalue weighted by molar-refractivity contribution is 5.63. The summed E-state index contributed by atoms with van der Waals surface area (Å²) in [7, 11) is 1.96. The average molecular weight is 229 g/mol. The van der Waals surface area contributed by atoms with Gasteiger partial charge in [0.1, 0.15) is 0 Å². The maximum absolute atomic E-state index is 4.49. The van der Waals surface area contributed by atoms with E-state index in [0.717, 1.165) is 6.54 Å². The molecule has 0 saturated carbocycles. The smallest absolute Gasteiger partial charge is 0.0730 e. The molecule has 1 aromatic heterocycles. The number of nitrogens with one attached hydrogen (secondary N) is 1. The fourth-order valence-corrected chi connectivity index (χ4v) is 2.02. The molecule has 3 heteroatoms. The first kappa shape index (κ1) is 11.9. The molecule has 0 radical (unpaired) electrons. The van der Waals surface area contributed by atoms with E-state index in [1.165, 1.54) is 16.8 Å². The van der Waals surface area contributed by atoms with Gasteiger partial charge >= 0.3 is 0 Å². The Balaban J connectivity index is 2.52. The van der Waals surface area contributed by atoms with Gasteiger partial charge in [0.2, 0.25) is 0 Å².